The molecule has 7 heteroatoms. The molecule has 1 atom stereocenters. The first-order chi connectivity index (χ1) is 16.7. The van der Waals surface area contributed by atoms with Gasteiger partial charge < -0.3 is 15.3 Å². The van der Waals surface area contributed by atoms with E-state index in [1.807, 2.05) is 12.3 Å². The van der Waals surface area contributed by atoms with Crippen molar-refractivity contribution >= 4 is 28.2 Å². The van der Waals surface area contributed by atoms with Crippen LogP contribution in [0.25, 0.3) is 22.0 Å². The summed E-state index contributed by atoms with van der Waals surface area (Å²) < 4.78 is 0. The molecule has 1 aromatic carbocycles. The Morgan fingerprint density at radius 2 is 1.85 bits per heavy atom. The number of aromatic nitrogens is 3. The maximum Gasteiger partial charge on any atom is 0.136 e. The van der Waals surface area contributed by atoms with E-state index in [4.69, 9.17) is 4.98 Å². The number of fused-ring (bicyclic) bond motifs is 1. The summed E-state index contributed by atoms with van der Waals surface area (Å²) in [5.74, 6) is 2.79. The third-order valence-corrected chi connectivity index (χ3v) is 6.55. The number of β-amino-alcohol motifs (C(OH)–C–C–N with tert-alkyl or cyclic N) is 1. The van der Waals surface area contributed by atoms with E-state index < -0.39 is 0 Å². The molecule has 0 unspecified atom stereocenters. The van der Waals surface area contributed by atoms with Crippen LogP contribution in [0.1, 0.15) is 36.3 Å². The monoisotopic (exact) mass is 448 g/mol. The fraction of sp³-hybridized carbons (Fsp3) is 0.259. The van der Waals surface area contributed by atoms with Gasteiger partial charge in [0.25, 0.3) is 0 Å². The van der Waals surface area contributed by atoms with E-state index in [0.717, 1.165) is 46.6 Å². The van der Waals surface area contributed by atoms with Gasteiger partial charge in [0.1, 0.15) is 17.5 Å². The highest BCUT2D eigenvalue weighted by Crippen LogP contribution is 2.42. The minimum Gasteiger partial charge on any atom is -0.391 e. The molecule has 2 fully saturated rings. The van der Waals surface area contributed by atoms with E-state index in [1.165, 1.54) is 18.4 Å². The Labute approximate surface area is 197 Å². The van der Waals surface area contributed by atoms with Crippen molar-refractivity contribution in [3.63, 3.8) is 0 Å². The molecule has 168 valence electrons. The second kappa shape index (κ2) is 8.40. The van der Waals surface area contributed by atoms with E-state index >= 15 is 0 Å². The molecule has 7 nitrogen and oxygen atoms in total. The fourth-order valence-electron chi connectivity index (χ4n) is 4.61. The Balaban J connectivity index is 1.41. The van der Waals surface area contributed by atoms with Gasteiger partial charge in [0.15, 0.2) is 0 Å². The van der Waals surface area contributed by atoms with Crippen LogP contribution in [-0.2, 0) is 0 Å². The van der Waals surface area contributed by atoms with Crippen LogP contribution in [0.2, 0.25) is 0 Å². The molecular weight excluding hydrogens is 424 g/mol. The molecule has 1 aliphatic heterocycles. The van der Waals surface area contributed by atoms with Crippen molar-refractivity contribution < 1.29 is 5.11 Å². The van der Waals surface area contributed by atoms with Gasteiger partial charge in [0.2, 0.25) is 0 Å². The van der Waals surface area contributed by atoms with E-state index in [2.05, 4.69) is 56.6 Å². The summed E-state index contributed by atoms with van der Waals surface area (Å²) in [4.78, 5) is 16.1. The Bertz CT molecular complexity index is 1420. The summed E-state index contributed by atoms with van der Waals surface area (Å²) in [6.45, 7) is 1.41. The number of nitrogens with zero attached hydrogens (tertiary/aromatic N) is 5. The van der Waals surface area contributed by atoms with Crippen molar-refractivity contribution in [2.24, 2.45) is 0 Å². The number of rotatable bonds is 5. The summed E-state index contributed by atoms with van der Waals surface area (Å²) in [5.41, 5.74) is 3.73. The van der Waals surface area contributed by atoms with Gasteiger partial charge in [-0.05, 0) is 72.5 Å². The van der Waals surface area contributed by atoms with Crippen molar-refractivity contribution in [2.75, 3.05) is 23.3 Å². The second-order valence-corrected chi connectivity index (χ2v) is 9.07. The Hall–Kier alpha value is -4.02. The Morgan fingerprint density at radius 1 is 0.971 bits per heavy atom. The van der Waals surface area contributed by atoms with Gasteiger partial charge in [0, 0.05) is 36.4 Å². The zero-order valence-corrected chi connectivity index (χ0v) is 18.6. The molecule has 0 bridgehead atoms. The molecule has 6 rings (SSSR count). The zero-order valence-electron chi connectivity index (χ0n) is 18.6. The van der Waals surface area contributed by atoms with Gasteiger partial charge in [-0.2, -0.15) is 5.26 Å². The van der Waals surface area contributed by atoms with Crippen LogP contribution < -0.4 is 10.2 Å². The molecule has 34 heavy (non-hydrogen) atoms. The van der Waals surface area contributed by atoms with Crippen LogP contribution in [0, 0.1) is 11.3 Å². The lowest BCUT2D eigenvalue weighted by Gasteiger charge is -2.19. The fourth-order valence-corrected chi connectivity index (χ4v) is 4.61. The SMILES string of the molecule is N#Cc1ccnc(Nc2cc(C3CC3)cc(-c3ccc4ccnc(N5CC[C@@H](O)C5)c4c3)n2)c1. The van der Waals surface area contributed by atoms with Crippen molar-refractivity contribution in [1.82, 2.24) is 15.0 Å². The molecule has 2 N–H and O–H groups in total. The largest absolute Gasteiger partial charge is 0.391 e. The van der Waals surface area contributed by atoms with Crippen LogP contribution in [0.3, 0.4) is 0 Å². The minimum absolute atomic E-state index is 0.307. The topological polar surface area (TPSA) is 98.0 Å². The summed E-state index contributed by atoms with van der Waals surface area (Å²) in [5, 5.41) is 24.7. The van der Waals surface area contributed by atoms with Crippen LogP contribution in [0.15, 0.2) is 60.9 Å². The number of nitrogens with one attached hydrogen (secondary N) is 1. The highest BCUT2D eigenvalue weighted by atomic mass is 16.3. The van der Waals surface area contributed by atoms with Gasteiger partial charge in [-0.15, -0.1) is 0 Å². The van der Waals surface area contributed by atoms with Crippen LogP contribution >= 0.6 is 0 Å². The van der Waals surface area contributed by atoms with Gasteiger partial charge in [-0.3, -0.25) is 0 Å². The number of hydrogen-bond donors (Lipinski definition) is 2. The van der Waals surface area contributed by atoms with Gasteiger partial charge in [-0.1, -0.05) is 12.1 Å². The number of aliphatic hydroxyl groups is 1. The smallest absolute Gasteiger partial charge is 0.136 e. The van der Waals surface area contributed by atoms with Crippen molar-refractivity contribution in [3.05, 3.63) is 72.1 Å². The lowest BCUT2D eigenvalue weighted by atomic mass is 10.0. The summed E-state index contributed by atoms with van der Waals surface area (Å²) in [7, 11) is 0. The van der Waals surface area contributed by atoms with Crippen LogP contribution in [-0.4, -0.2) is 39.3 Å². The highest BCUT2D eigenvalue weighted by Gasteiger charge is 2.26. The molecule has 0 amide bonds. The third-order valence-electron chi connectivity index (χ3n) is 6.55. The average Bonchev–Trinajstić information content (AvgIpc) is 3.64. The predicted octanol–water partition coefficient (Wildman–Crippen LogP) is 4.76. The molecule has 3 aromatic heterocycles. The maximum atomic E-state index is 10.0. The van der Waals surface area contributed by atoms with Gasteiger partial charge >= 0.3 is 0 Å². The summed E-state index contributed by atoms with van der Waals surface area (Å²) in [6.07, 6.45) is 6.29. The Morgan fingerprint density at radius 3 is 2.65 bits per heavy atom. The van der Waals surface area contributed by atoms with Crippen LogP contribution in [0.4, 0.5) is 17.5 Å². The third kappa shape index (κ3) is 4.04. The molecule has 1 saturated carbocycles. The summed E-state index contributed by atoms with van der Waals surface area (Å²) in [6, 6.07) is 18.2. The van der Waals surface area contributed by atoms with E-state index in [9.17, 15) is 10.4 Å². The Kier molecular flexibility index (Phi) is 5.08. The molecule has 4 heterocycles. The molecule has 1 saturated heterocycles. The number of anilines is 3. The van der Waals surface area contributed by atoms with Crippen molar-refractivity contribution in [2.45, 2.75) is 31.3 Å². The molecular formula is C27H24N6O. The molecule has 1 aliphatic carbocycles. The van der Waals surface area contributed by atoms with E-state index in [1.54, 1.807) is 18.3 Å². The highest BCUT2D eigenvalue weighted by molar-refractivity contribution is 5.95. The lowest BCUT2D eigenvalue weighted by Crippen LogP contribution is -2.22. The first-order valence-corrected chi connectivity index (χ1v) is 11.6. The molecule has 4 aromatic rings. The first-order valence-electron chi connectivity index (χ1n) is 11.6. The number of benzene rings is 1. The molecule has 0 radical (unpaired) electrons. The molecule has 0 spiro atoms. The van der Waals surface area contributed by atoms with Crippen LogP contribution in [0.5, 0.6) is 0 Å². The average molecular weight is 449 g/mol. The predicted molar refractivity (Wildman–Crippen MR) is 132 cm³/mol. The quantitative estimate of drug-likeness (QED) is 0.454. The van der Waals surface area contributed by atoms with E-state index in [0.29, 0.717) is 23.8 Å². The van der Waals surface area contributed by atoms with Gasteiger partial charge in [0.05, 0.1) is 23.4 Å². The number of nitriles is 1. The van der Waals surface area contributed by atoms with Crippen molar-refractivity contribution in [1.29, 1.82) is 5.26 Å². The number of pyridine rings is 3. The van der Waals surface area contributed by atoms with E-state index in [-0.39, 0.29) is 6.10 Å². The van der Waals surface area contributed by atoms with Crippen molar-refractivity contribution in [3.8, 4) is 17.3 Å². The molecule has 2 aliphatic rings. The minimum atomic E-state index is -0.307. The maximum absolute atomic E-state index is 10.0. The van der Waals surface area contributed by atoms with Gasteiger partial charge in [-0.25, -0.2) is 15.0 Å². The lowest BCUT2D eigenvalue weighted by molar-refractivity contribution is 0.198. The summed E-state index contributed by atoms with van der Waals surface area (Å²) >= 11 is 0. The zero-order chi connectivity index (χ0) is 23.1. The number of aliphatic hydroxyl groups excluding tert-OH is 1. The number of hydrogen-bond acceptors (Lipinski definition) is 7. The normalized spacial score (nSPS) is 17.6. The standard InChI is InChI=1S/C27H24N6O/c28-15-17-5-8-29-25(11-17)32-26-14-21(18-1-2-18)13-24(31-26)20-4-3-19-6-9-30-27(23(19)12-20)33-10-7-22(34)16-33/h3-6,8-9,11-14,18,22,34H,1-2,7,10,16H2,(H,29,31,32)/t22-/m1/s1. The first kappa shape index (κ1) is 20.6. The second-order valence-electron chi connectivity index (χ2n) is 9.07.